The van der Waals surface area contributed by atoms with E-state index in [2.05, 4.69) is 5.32 Å². The van der Waals surface area contributed by atoms with Gasteiger partial charge in [0.2, 0.25) is 15.9 Å². The standard InChI is InChI=1S/C21H18N2O4S/c22-28(25,26)15-11-9-14(10-12-15)13-23-21(24)20-16-5-1-3-7-18(16)27-19-8-4-2-6-17(19)20/h1-12,20H,13H2,(H,23,24)(H2,22,25,26). The van der Waals surface area contributed by atoms with Gasteiger partial charge in [-0.15, -0.1) is 0 Å². The molecule has 28 heavy (non-hydrogen) atoms. The van der Waals surface area contributed by atoms with Gasteiger partial charge in [-0.2, -0.15) is 0 Å². The molecule has 3 N–H and O–H groups in total. The Morgan fingerprint density at radius 2 is 1.43 bits per heavy atom. The van der Waals surface area contributed by atoms with E-state index in [1.54, 1.807) is 12.1 Å². The number of hydrogen-bond donors (Lipinski definition) is 2. The zero-order valence-corrected chi connectivity index (χ0v) is 15.6. The molecular formula is C21H18N2O4S. The Hall–Kier alpha value is -3.16. The van der Waals surface area contributed by atoms with E-state index in [-0.39, 0.29) is 17.3 Å². The predicted octanol–water partition coefficient (Wildman–Crippen LogP) is 2.89. The molecule has 0 saturated heterocycles. The highest BCUT2D eigenvalue weighted by Gasteiger charge is 2.32. The van der Waals surface area contributed by atoms with Crippen LogP contribution >= 0.6 is 0 Å². The topological polar surface area (TPSA) is 98.5 Å². The fourth-order valence-corrected chi connectivity index (χ4v) is 3.80. The lowest BCUT2D eigenvalue weighted by atomic mass is 9.87. The Kier molecular flexibility index (Phi) is 4.62. The molecule has 0 spiro atoms. The van der Waals surface area contributed by atoms with E-state index in [0.29, 0.717) is 11.5 Å². The Bertz CT molecular complexity index is 1100. The normalized spacial score (nSPS) is 13.2. The van der Waals surface area contributed by atoms with E-state index in [4.69, 9.17) is 9.88 Å². The number of carbonyl (C=O) groups is 1. The Balaban J connectivity index is 1.57. The molecule has 0 atom stereocenters. The monoisotopic (exact) mass is 394 g/mol. The molecule has 0 fully saturated rings. The molecule has 4 rings (SSSR count). The summed E-state index contributed by atoms with van der Waals surface area (Å²) in [4.78, 5) is 13.1. The molecule has 0 radical (unpaired) electrons. The van der Waals surface area contributed by atoms with Crippen LogP contribution in [0.2, 0.25) is 0 Å². The summed E-state index contributed by atoms with van der Waals surface area (Å²) in [5.41, 5.74) is 2.39. The molecule has 7 heteroatoms. The minimum atomic E-state index is -3.74. The van der Waals surface area contributed by atoms with Crippen LogP contribution in [0.3, 0.4) is 0 Å². The summed E-state index contributed by atoms with van der Waals surface area (Å²) in [6.07, 6.45) is 0. The molecule has 0 aliphatic carbocycles. The van der Waals surface area contributed by atoms with E-state index in [1.807, 2.05) is 48.5 Å². The van der Waals surface area contributed by atoms with Gasteiger partial charge in [0.05, 0.1) is 10.8 Å². The molecule has 0 aromatic heterocycles. The lowest BCUT2D eigenvalue weighted by molar-refractivity contribution is -0.122. The van der Waals surface area contributed by atoms with Crippen molar-refractivity contribution in [2.24, 2.45) is 5.14 Å². The van der Waals surface area contributed by atoms with Crippen molar-refractivity contribution in [3.05, 3.63) is 89.5 Å². The summed E-state index contributed by atoms with van der Waals surface area (Å²) >= 11 is 0. The summed E-state index contributed by atoms with van der Waals surface area (Å²) in [5.74, 6) is 0.696. The maximum atomic E-state index is 13.0. The minimum absolute atomic E-state index is 0.0369. The van der Waals surface area contributed by atoms with E-state index in [9.17, 15) is 13.2 Å². The molecule has 3 aromatic carbocycles. The van der Waals surface area contributed by atoms with Crippen molar-refractivity contribution in [1.82, 2.24) is 5.32 Å². The van der Waals surface area contributed by atoms with Crippen LogP contribution in [0.15, 0.2) is 77.7 Å². The summed E-state index contributed by atoms with van der Waals surface area (Å²) in [5, 5.41) is 8.04. The third kappa shape index (κ3) is 3.49. The van der Waals surface area contributed by atoms with Gasteiger partial charge in [0.15, 0.2) is 0 Å². The molecular weight excluding hydrogens is 376 g/mol. The first-order valence-electron chi connectivity index (χ1n) is 8.68. The Labute approximate surface area is 163 Å². The number of rotatable bonds is 4. The molecule has 3 aromatic rings. The number of nitrogens with one attached hydrogen (secondary N) is 1. The van der Waals surface area contributed by atoms with Crippen LogP contribution in [0.5, 0.6) is 11.5 Å². The number of ether oxygens (including phenoxy) is 1. The van der Waals surface area contributed by atoms with Crippen molar-refractivity contribution in [2.75, 3.05) is 0 Å². The number of hydrogen-bond acceptors (Lipinski definition) is 4. The van der Waals surface area contributed by atoms with E-state index >= 15 is 0 Å². The van der Waals surface area contributed by atoms with Gasteiger partial charge >= 0.3 is 0 Å². The summed E-state index contributed by atoms with van der Waals surface area (Å²) in [6, 6.07) is 21.1. The first-order chi connectivity index (χ1) is 13.4. The Morgan fingerprint density at radius 3 is 1.96 bits per heavy atom. The molecule has 142 valence electrons. The molecule has 1 aliphatic rings. The molecule has 6 nitrogen and oxygen atoms in total. The number of carbonyl (C=O) groups excluding carboxylic acids is 1. The van der Waals surface area contributed by atoms with Crippen LogP contribution in [0, 0.1) is 0 Å². The highest BCUT2D eigenvalue weighted by atomic mass is 32.2. The zero-order chi connectivity index (χ0) is 19.7. The molecule has 1 heterocycles. The smallest absolute Gasteiger partial charge is 0.238 e. The second kappa shape index (κ2) is 7.10. The van der Waals surface area contributed by atoms with E-state index in [0.717, 1.165) is 16.7 Å². The fourth-order valence-electron chi connectivity index (χ4n) is 3.28. The number of amides is 1. The van der Waals surface area contributed by atoms with Crippen molar-refractivity contribution in [3.8, 4) is 11.5 Å². The van der Waals surface area contributed by atoms with Crippen LogP contribution in [0.1, 0.15) is 22.6 Å². The van der Waals surface area contributed by atoms with Gasteiger partial charge in [0.1, 0.15) is 11.5 Å². The van der Waals surface area contributed by atoms with Gasteiger partial charge in [-0.25, -0.2) is 13.6 Å². The Morgan fingerprint density at radius 1 is 0.893 bits per heavy atom. The SMILES string of the molecule is NS(=O)(=O)c1ccc(CNC(=O)C2c3ccccc3Oc3ccccc32)cc1. The molecule has 0 unspecified atom stereocenters. The van der Waals surface area contributed by atoms with Crippen molar-refractivity contribution < 1.29 is 17.9 Å². The summed E-state index contributed by atoms with van der Waals surface area (Å²) in [6.45, 7) is 0.269. The maximum absolute atomic E-state index is 13.0. The highest BCUT2D eigenvalue weighted by molar-refractivity contribution is 7.89. The van der Waals surface area contributed by atoms with Gasteiger partial charge in [0, 0.05) is 17.7 Å². The van der Waals surface area contributed by atoms with Crippen LogP contribution in [0.4, 0.5) is 0 Å². The average Bonchev–Trinajstić information content (AvgIpc) is 2.70. The van der Waals surface area contributed by atoms with Gasteiger partial charge in [0.25, 0.3) is 0 Å². The van der Waals surface area contributed by atoms with Crippen molar-refractivity contribution in [1.29, 1.82) is 0 Å². The highest BCUT2D eigenvalue weighted by Crippen LogP contribution is 2.43. The average molecular weight is 394 g/mol. The fraction of sp³-hybridized carbons (Fsp3) is 0.0952. The van der Waals surface area contributed by atoms with Crippen molar-refractivity contribution >= 4 is 15.9 Å². The lowest BCUT2D eigenvalue weighted by Crippen LogP contribution is -2.31. The first-order valence-corrected chi connectivity index (χ1v) is 10.2. The zero-order valence-electron chi connectivity index (χ0n) is 14.8. The number of nitrogens with two attached hydrogens (primary N) is 1. The van der Waals surface area contributed by atoms with Crippen LogP contribution < -0.4 is 15.2 Å². The lowest BCUT2D eigenvalue weighted by Gasteiger charge is -2.27. The quantitative estimate of drug-likeness (QED) is 0.711. The third-order valence-corrected chi connectivity index (χ3v) is 5.59. The number of para-hydroxylation sites is 2. The number of primary sulfonamides is 1. The number of sulfonamides is 1. The van der Waals surface area contributed by atoms with Crippen LogP contribution in [-0.2, 0) is 21.4 Å². The molecule has 1 aliphatic heterocycles. The number of fused-ring (bicyclic) bond motifs is 2. The second-order valence-corrected chi connectivity index (χ2v) is 8.08. The first kappa shape index (κ1) is 18.2. The van der Waals surface area contributed by atoms with Crippen molar-refractivity contribution in [2.45, 2.75) is 17.4 Å². The second-order valence-electron chi connectivity index (χ2n) is 6.52. The summed E-state index contributed by atoms with van der Waals surface area (Å²) in [7, 11) is -3.74. The van der Waals surface area contributed by atoms with Crippen LogP contribution in [0.25, 0.3) is 0 Å². The molecule has 1 amide bonds. The van der Waals surface area contributed by atoms with Gasteiger partial charge in [-0.1, -0.05) is 48.5 Å². The van der Waals surface area contributed by atoms with Gasteiger partial charge < -0.3 is 10.1 Å². The van der Waals surface area contributed by atoms with Gasteiger partial charge in [-0.3, -0.25) is 4.79 Å². The maximum Gasteiger partial charge on any atom is 0.238 e. The molecule has 0 bridgehead atoms. The third-order valence-electron chi connectivity index (χ3n) is 4.66. The summed E-state index contributed by atoms with van der Waals surface area (Å²) < 4.78 is 28.6. The van der Waals surface area contributed by atoms with Crippen molar-refractivity contribution in [3.63, 3.8) is 0 Å². The van der Waals surface area contributed by atoms with E-state index in [1.165, 1.54) is 12.1 Å². The predicted molar refractivity (Wildman–Crippen MR) is 104 cm³/mol. The van der Waals surface area contributed by atoms with Crippen LogP contribution in [-0.4, -0.2) is 14.3 Å². The van der Waals surface area contributed by atoms with Gasteiger partial charge in [-0.05, 0) is 29.8 Å². The molecule has 0 saturated carbocycles. The minimum Gasteiger partial charge on any atom is -0.457 e. The largest absolute Gasteiger partial charge is 0.457 e. The number of benzene rings is 3. The van der Waals surface area contributed by atoms with E-state index < -0.39 is 15.9 Å².